The quantitative estimate of drug-likeness (QED) is 0.382. The molecule has 1 N–H and O–H groups in total. The van der Waals surface area contributed by atoms with Crippen molar-refractivity contribution in [2.45, 2.75) is 26.8 Å². The van der Waals surface area contributed by atoms with Gasteiger partial charge in [0.1, 0.15) is 0 Å². The van der Waals surface area contributed by atoms with E-state index in [1.165, 1.54) is 0 Å². The Bertz CT molecular complexity index is 190. The molecule has 0 bridgehead atoms. The number of rotatable bonds is 3. The summed E-state index contributed by atoms with van der Waals surface area (Å²) in [5, 5.41) is 0. The number of hydrogen-bond donors (Lipinski definition) is 1. The van der Waals surface area contributed by atoms with E-state index in [4.69, 9.17) is 0 Å². The van der Waals surface area contributed by atoms with Crippen LogP contribution in [0.4, 0.5) is 0 Å². The summed E-state index contributed by atoms with van der Waals surface area (Å²) < 4.78 is 32.2. The van der Waals surface area contributed by atoms with Crippen LogP contribution in [0.2, 0.25) is 0 Å². The van der Waals surface area contributed by atoms with Gasteiger partial charge in [-0.15, -0.1) is 0 Å². The molecule has 1 atom stereocenters. The van der Waals surface area contributed by atoms with Gasteiger partial charge in [0.15, 0.2) is 10.3 Å². The van der Waals surface area contributed by atoms with E-state index in [1.807, 2.05) is 18.6 Å². The van der Waals surface area contributed by atoms with E-state index in [9.17, 15) is 13.0 Å². The van der Waals surface area contributed by atoms with Crippen molar-refractivity contribution in [3.8, 4) is 0 Å². The molecule has 0 aliphatic carbocycles. The molecule has 4 nitrogen and oxygen atoms in total. The van der Waals surface area contributed by atoms with Crippen LogP contribution in [0.15, 0.2) is 0 Å². The molecule has 0 aromatic heterocycles. The Morgan fingerprint density at radius 2 is 1.64 bits per heavy atom. The third-order valence-corrected chi connectivity index (χ3v) is 1.99. The van der Waals surface area contributed by atoms with Crippen LogP contribution < -0.4 is 34.3 Å². The second-order valence-electron chi connectivity index (χ2n) is 2.60. The van der Waals surface area contributed by atoms with Crippen molar-refractivity contribution in [3.63, 3.8) is 0 Å². The van der Waals surface area contributed by atoms with Crippen LogP contribution in [0.25, 0.3) is 0 Å². The molecule has 0 aromatic rings. The Morgan fingerprint density at radius 3 is 1.73 bits per heavy atom. The van der Waals surface area contributed by atoms with Crippen LogP contribution in [0.5, 0.6) is 0 Å². The molecule has 0 saturated heterocycles. The van der Waals surface area contributed by atoms with Gasteiger partial charge < -0.3 is 4.55 Å². The second-order valence-corrected chi connectivity index (χ2v) is 3.75. The molecule has 0 aliphatic rings. The molecule has 0 radical (unpaired) electrons. The van der Waals surface area contributed by atoms with Gasteiger partial charge in [0.05, 0.1) is 0 Å². The molecular formula is C5H12NNaO3S. The molecule has 1 unspecified atom stereocenters. The third-order valence-electron chi connectivity index (χ3n) is 1.33. The zero-order chi connectivity index (χ0) is 8.36. The molecule has 6 heteroatoms. The van der Waals surface area contributed by atoms with E-state index in [2.05, 4.69) is 0 Å². The minimum Gasteiger partial charge on any atom is -0.735 e. The van der Waals surface area contributed by atoms with Crippen LogP contribution in [0.1, 0.15) is 20.8 Å². The summed E-state index contributed by atoms with van der Waals surface area (Å²) in [6.07, 6.45) is 0. The summed E-state index contributed by atoms with van der Waals surface area (Å²) in [7, 11) is -4.27. The molecule has 0 spiro atoms. The number of nitrogens with one attached hydrogen (secondary N) is 1. The van der Waals surface area contributed by atoms with Crippen LogP contribution in [0.3, 0.4) is 0 Å². The fourth-order valence-electron chi connectivity index (χ4n) is 0.364. The van der Waals surface area contributed by atoms with E-state index in [-0.39, 0.29) is 41.5 Å². The van der Waals surface area contributed by atoms with Gasteiger partial charge in [0, 0.05) is 6.04 Å². The molecule has 0 aliphatic heterocycles. The van der Waals surface area contributed by atoms with Crippen LogP contribution in [-0.2, 0) is 10.3 Å². The van der Waals surface area contributed by atoms with Crippen molar-refractivity contribution in [3.05, 3.63) is 0 Å². The molecule has 0 rings (SSSR count). The zero-order valence-corrected chi connectivity index (χ0v) is 10.1. The Hall–Kier alpha value is 0.870. The van der Waals surface area contributed by atoms with Crippen LogP contribution in [-0.4, -0.2) is 19.0 Å². The van der Waals surface area contributed by atoms with Gasteiger partial charge >= 0.3 is 29.6 Å². The average Bonchev–Trinajstić information content (AvgIpc) is 1.60. The standard InChI is InChI=1S/C5H13NO3S.Na/c1-4(2)5(3)6-10(7,8)9;/h4-6H,1-3H3,(H,7,8,9);/q;+1/p-1. The van der Waals surface area contributed by atoms with Gasteiger partial charge in [-0.05, 0) is 12.8 Å². The van der Waals surface area contributed by atoms with E-state index in [0.717, 1.165) is 0 Å². The van der Waals surface area contributed by atoms with Crippen molar-refractivity contribution in [1.82, 2.24) is 4.72 Å². The maximum Gasteiger partial charge on any atom is 1.00 e. The van der Waals surface area contributed by atoms with Gasteiger partial charge in [-0.3, -0.25) is 0 Å². The van der Waals surface area contributed by atoms with Crippen molar-refractivity contribution in [2.75, 3.05) is 0 Å². The summed E-state index contributed by atoms with van der Waals surface area (Å²) in [6.45, 7) is 5.33. The first-order valence-electron chi connectivity index (χ1n) is 3.06. The average molecular weight is 189 g/mol. The Labute approximate surface area is 89.9 Å². The van der Waals surface area contributed by atoms with Crippen LogP contribution in [0, 0.1) is 5.92 Å². The molecule has 0 amide bonds. The summed E-state index contributed by atoms with van der Waals surface area (Å²) in [4.78, 5) is 0. The largest absolute Gasteiger partial charge is 1.00 e. The first-order valence-corrected chi connectivity index (χ1v) is 4.47. The maximum atomic E-state index is 10.1. The second kappa shape index (κ2) is 5.50. The van der Waals surface area contributed by atoms with Crippen molar-refractivity contribution >= 4 is 10.3 Å². The fraction of sp³-hybridized carbons (Fsp3) is 1.00. The zero-order valence-electron chi connectivity index (χ0n) is 7.29. The molecule has 0 fully saturated rings. The minimum absolute atomic E-state index is 0. The first kappa shape index (κ1) is 14.4. The third kappa shape index (κ3) is 8.78. The summed E-state index contributed by atoms with van der Waals surface area (Å²) in [5.41, 5.74) is 0. The van der Waals surface area contributed by atoms with Crippen LogP contribution >= 0.6 is 0 Å². The fourth-order valence-corrected chi connectivity index (χ4v) is 1.09. The summed E-state index contributed by atoms with van der Waals surface area (Å²) in [5.74, 6) is 0.142. The van der Waals surface area contributed by atoms with Gasteiger partial charge in [0.2, 0.25) is 0 Å². The van der Waals surface area contributed by atoms with E-state index in [1.54, 1.807) is 6.92 Å². The molecule has 0 heterocycles. The van der Waals surface area contributed by atoms with Crippen molar-refractivity contribution < 1.29 is 42.5 Å². The van der Waals surface area contributed by atoms with E-state index >= 15 is 0 Å². The SMILES string of the molecule is CC(C)C(C)NS(=O)(=O)[O-].[Na+]. The Kier molecular flexibility index (Phi) is 7.20. The molecule has 11 heavy (non-hydrogen) atoms. The predicted octanol–water partition coefficient (Wildman–Crippen LogP) is -2.92. The molecule has 62 valence electrons. The predicted molar refractivity (Wildman–Crippen MR) is 37.1 cm³/mol. The smallest absolute Gasteiger partial charge is 0.735 e. The van der Waals surface area contributed by atoms with E-state index in [0.29, 0.717) is 0 Å². The Morgan fingerprint density at radius 1 is 1.27 bits per heavy atom. The van der Waals surface area contributed by atoms with E-state index < -0.39 is 10.3 Å². The Balaban J connectivity index is 0. The number of hydrogen-bond acceptors (Lipinski definition) is 3. The monoisotopic (exact) mass is 189 g/mol. The van der Waals surface area contributed by atoms with Gasteiger partial charge in [0.25, 0.3) is 0 Å². The topological polar surface area (TPSA) is 69.2 Å². The summed E-state index contributed by atoms with van der Waals surface area (Å²) in [6, 6.07) is -0.289. The molecule has 0 aromatic carbocycles. The van der Waals surface area contributed by atoms with Crippen molar-refractivity contribution in [1.29, 1.82) is 0 Å². The van der Waals surface area contributed by atoms with Crippen molar-refractivity contribution in [2.24, 2.45) is 5.92 Å². The van der Waals surface area contributed by atoms with Gasteiger partial charge in [-0.1, -0.05) is 13.8 Å². The normalized spacial score (nSPS) is 14.3. The first-order chi connectivity index (χ1) is 4.33. The van der Waals surface area contributed by atoms with Gasteiger partial charge in [-0.2, -0.15) is 0 Å². The van der Waals surface area contributed by atoms with Gasteiger partial charge in [-0.25, -0.2) is 13.1 Å². The molecule has 0 saturated carbocycles. The minimum atomic E-state index is -4.27. The summed E-state index contributed by atoms with van der Waals surface area (Å²) >= 11 is 0. The maximum absolute atomic E-state index is 10.1. The molecular weight excluding hydrogens is 177 g/mol.